The SMILES string of the molecule is CCCN1CCC[C@H]1C(C)(C)F. The second kappa shape index (κ2) is 3.73. The van der Waals surface area contributed by atoms with Gasteiger partial charge in [-0.3, -0.25) is 4.90 Å². The van der Waals surface area contributed by atoms with Crippen molar-refractivity contribution in [2.45, 2.75) is 51.7 Å². The molecule has 0 aliphatic carbocycles. The number of alkyl halides is 1. The van der Waals surface area contributed by atoms with E-state index in [4.69, 9.17) is 0 Å². The molecule has 1 rings (SSSR count). The van der Waals surface area contributed by atoms with Crippen LogP contribution >= 0.6 is 0 Å². The average molecular weight is 173 g/mol. The van der Waals surface area contributed by atoms with Crippen LogP contribution in [0.15, 0.2) is 0 Å². The molecule has 1 atom stereocenters. The molecule has 0 amide bonds. The summed E-state index contributed by atoms with van der Waals surface area (Å²) in [5, 5.41) is 0. The molecular weight excluding hydrogens is 153 g/mol. The van der Waals surface area contributed by atoms with Gasteiger partial charge >= 0.3 is 0 Å². The summed E-state index contributed by atoms with van der Waals surface area (Å²) in [5.74, 6) is 0. The zero-order valence-corrected chi connectivity index (χ0v) is 8.44. The molecule has 1 fully saturated rings. The van der Waals surface area contributed by atoms with Gasteiger partial charge in [0.15, 0.2) is 0 Å². The third-order valence-electron chi connectivity index (χ3n) is 2.67. The zero-order chi connectivity index (χ0) is 9.19. The van der Waals surface area contributed by atoms with Gasteiger partial charge < -0.3 is 0 Å². The van der Waals surface area contributed by atoms with Gasteiger partial charge in [-0.05, 0) is 46.2 Å². The average Bonchev–Trinajstić information content (AvgIpc) is 2.34. The van der Waals surface area contributed by atoms with Gasteiger partial charge in [0, 0.05) is 6.04 Å². The molecule has 0 bridgehead atoms. The predicted molar refractivity (Wildman–Crippen MR) is 50.1 cm³/mol. The van der Waals surface area contributed by atoms with Crippen LogP contribution in [0.25, 0.3) is 0 Å². The van der Waals surface area contributed by atoms with E-state index >= 15 is 0 Å². The summed E-state index contributed by atoms with van der Waals surface area (Å²) in [7, 11) is 0. The van der Waals surface area contributed by atoms with Crippen molar-refractivity contribution in [1.29, 1.82) is 0 Å². The molecule has 1 aliphatic rings. The van der Waals surface area contributed by atoms with Crippen LogP contribution in [0.5, 0.6) is 0 Å². The lowest BCUT2D eigenvalue weighted by molar-refractivity contribution is 0.0788. The highest BCUT2D eigenvalue weighted by atomic mass is 19.1. The maximum atomic E-state index is 13.6. The quantitative estimate of drug-likeness (QED) is 0.634. The number of halogens is 1. The lowest BCUT2D eigenvalue weighted by atomic mass is 9.98. The summed E-state index contributed by atoms with van der Waals surface area (Å²) in [5.41, 5.74) is -1.02. The van der Waals surface area contributed by atoms with Crippen molar-refractivity contribution >= 4 is 0 Å². The highest BCUT2D eigenvalue weighted by Crippen LogP contribution is 2.29. The van der Waals surface area contributed by atoms with Gasteiger partial charge in [0.25, 0.3) is 0 Å². The Kier molecular flexibility index (Phi) is 3.10. The summed E-state index contributed by atoms with van der Waals surface area (Å²) in [6.07, 6.45) is 3.33. The van der Waals surface area contributed by atoms with Gasteiger partial charge in [-0.1, -0.05) is 6.92 Å². The van der Waals surface area contributed by atoms with E-state index in [1.54, 1.807) is 13.8 Å². The summed E-state index contributed by atoms with van der Waals surface area (Å²) >= 11 is 0. The highest BCUT2D eigenvalue weighted by Gasteiger charge is 2.36. The smallest absolute Gasteiger partial charge is 0.120 e. The number of nitrogens with zero attached hydrogens (tertiary/aromatic N) is 1. The molecule has 0 aromatic rings. The van der Waals surface area contributed by atoms with Crippen LogP contribution in [-0.2, 0) is 0 Å². The lowest BCUT2D eigenvalue weighted by Crippen LogP contribution is -2.43. The van der Waals surface area contributed by atoms with Crippen LogP contribution < -0.4 is 0 Å². The van der Waals surface area contributed by atoms with Crippen LogP contribution in [0, 0.1) is 0 Å². The Bertz CT molecular complexity index is 139. The fourth-order valence-corrected chi connectivity index (χ4v) is 2.16. The molecule has 1 nitrogen and oxygen atoms in total. The first kappa shape index (κ1) is 9.97. The molecule has 0 saturated carbocycles. The van der Waals surface area contributed by atoms with Crippen LogP contribution in [0.2, 0.25) is 0 Å². The second-order valence-electron chi connectivity index (χ2n) is 4.26. The summed E-state index contributed by atoms with van der Waals surface area (Å²) in [4.78, 5) is 2.29. The van der Waals surface area contributed by atoms with Crippen molar-refractivity contribution in [3.05, 3.63) is 0 Å². The Labute approximate surface area is 74.9 Å². The molecule has 0 N–H and O–H groups in total. The Balaban J connectivity index is 2.52. The molecule has 0 radical (unpaired) electrons. The van der Waals surface area contributed by atoms with Crippen LogP contribution in [0.4, 0.5) is 4.39 Å². The van der Waals surface area contributed by atoms with Crippen molar-refractivity contribution in [1.82, 2.24) is 4.90 Å². The predicted octanol–water partition coefficient (Wildman–Crippen LogP) is 2.61. The number of hydrogen-bond acceptors (Lipinski definition) is 1. The Morgan fingerprint density at radius 1 is 1.50 bits per heavy atom. The second-order valence-corrected chi connectivity index (χ2v) is 4.26. The number of hydrogen-bond donors (Lipinski definition) is 0. The van der Waals surface area contributed by atoms with Crippen LogP contribution in [0.3, 0.4) is 0 Å². The summed E-state index contributed by atoms with van der Waals surface area (Å²) < 4.78 is 13.6. The van der Waals surface area contributed by atoms with Gasteiger partial charge in [-0.25, -0.2) is 4.39 Å². The van der Waals surface area contributed by atoms with E-state index < -0.39 is 5.67 Å². The number of rotatable bonds is 3. The molecule has 0 aromatic heterocycles. The maximum absolute atomic E-state index is 13.6. The minimum absolute atomic E-state index is 0.164. The van der Waals surface area contributed by atoms with Crippen molar-refractivity contribution < 1.29 is 4.39 Å². The van der Waals surface area contributed by atoms with Crippen molar-refractivity contribution in [2.24, 2.45) is 0 Å². The van der Waals surface area contributed by atoms with Crippen molar-refractivity contribution in [3.63, 3.8) is 0 Å². The van der Waals surface area contributed by atoms with Crippen LogP contribution in [-0.4, -0.2) is 29.7 Å². The largest absolute Gasteiger partial charge is 0.297 e. The highest BCUT2D eigenvalue weighted by molar-refractivity contribution is 4.90. The zero-order valence-electron chi connectivity index (χ0n) is 8.44. The molecule has 1 aliphatic heterocycles. The Morgan fingerprint density at radius 3 is 2.67 bits per heavy atom. The molecule has 1 saturated heterocycles. The summed E-state index contributed by atoms with van der Waals surface area (Å²) in [6.45, 7) is 7.70. The Morgan fingerprint density at radius 2 is 2.17 bits per heavy atom. The first-order chi connectivity index (χ1) is 5.55. The van der Waals surface area contributed by atoms with Gasteiger partial charge in [0.05, 0.1) is 0 Å². The fourth-order valence-electron chi connectivity index (χ4n) is 2.16. The van der Waals surface area contributed by atoms with Gasteiger partial charge in [0.2, 0.25) is 0 Å². The van der Waals surface area contributed by atoms with E-state index in [1.807, 2.05) is 0 Å². The fraction of sp³-hybridized carbons (Fsp3) is 1.00. The molecular formula is C10H20FN. The van der Waals surface area contributed by atoms with Crippen molar-refractivity contribution in [2.75, 3.05) is 13.1 Å². The van der Waals surface area contributed by atoms with Crippen molar-refractivity contribution in [3.8, 4) is 0 Å². The lowest BCUT2D eigenvalue weighted by Gasteiger charge is -2.31. The molecule has 0 aromatic carbocycles. The molecule has 12 heavy (non-hydrogen) atoms. The monoisotopic (exact) mass is 173 g/mol. The van der Waals surface area contributed by atoms with E-state index in [1.165, 1.54) is 0 Å². The van der Waals surface area contributed by atoms with Gasteiger partial charge in [0.1, 0.15) is 5.67 Å². The van der Waals surface area contributed by atoms with E-state index in [0.29, 0.717) is 0 Å². The van der Waals surface area contributed by atoms with E-state index in [-0.39, 0.29) is 6.04 Å². The molecule has 0 spiro atoms. The minimum atomic E-state index is -1.02. The maximum Gasteiger partial charge on any atom is 0.120 e. The molecule has 0 unspecified atom stereocenters. The third kappa shape index (κ3) is 2.19. The molecule has 72 valence electrons. The standard InChI is InChI=1S/C10H20FN/c1-4-7-12-8-5-6-9(12)10(2,3)11/h9H,4-8H2,1-3H3/t9-/m0/s1. The first-order valence-corrected chi connectivity index (χ1v) is 4.98. The van der Waals surface area contributed by atoms with Gasteiger partial charge in [-0.2, -0.15) is 0 Å². The van der Waals surface area contributed by atoms with E-state index in [0.717, 1.165) is 32.4 Å². The van der Waals surface area contributed by atoms with Gasteiger partial charge in [-0.15, -0.1) is 0 Å². The van der Waals surface area contributed by atoms with E-state index in [2.05, 4.69) is 11.8 Å². The molecule has 1 heterocycles. The topological polar surface area (TPSA) is 3.24 Å². The summed E-state index contributed by atoms with van der Waals surface area (Å²) in [6, 6.07) is 0.164. The number of likely N-dealkylation sites (tertiary alicyclic amines) is 1. The van der Waals surface area contributed by atoms with Crippen LogP contribution in [0.1, 0.15) is 40.0 Å². The Hall–Kier alpha value is -0.110. The molecule has 2 heteroatoms. The first-order valence-electron chi connectivity index (χ1n) is 4.98. The third-order valence-corrected chi connectivity index (χ3v) is 2.67. The normalized spacial score (nSPS) is 26.5. The van der Waals surface area contributed by atoms with E-state index in [9.17, 15) is 4.39 Å². The minimum Gasteiger partial charge on any atom is -0.297 e.